The number of carbonyl (C=O) groups excluding carboxylic acids is 1. The van der Waals surface area contributed by atoms with Gasteiger partial charge in [0.15, 0.2) is 0 Å². The first-order chi connectivity index (χ1) is 7.85. The average molecular weight is 254 g/mol. The van der Waals surface area contributed by atoms with E-state index in [4.69, 9.17) is 4.74 Å². The summed E-state index contributed by atoms with van der Waals surface area (Å²) in [6.45, 7) is 17.0. The van der Waals surface area contributed by atoms with Crippen molar-refractivity contribution < 1.29 is 9.53 Å². The molecule has 2 nitrogen and oxygen atoms in total. The monoisotopic (exact) mass is 254 g/mol. The zero-order valence-electron chi connectivity index (χ0n) is 13.4. The van der Waals surface area contributed by atoms with Gasteiger partial charge in [-0.25, -0.2) is 0 Å². The molecule has 1 saturated carbocycles. The molecule has 0 saturated heterocycles. The number of hydrogen-bond acceptors (Lipinski definition) is 2. The molecule has 0 heterocycles. The minimum absolute atomic E-state index is 0.00859. The maximum Gasteiger partial charge on any atom is 0.313 e. The Morgan fingerprint density at radius 2 is 1.61 bits per heavy atom. The molecule has 18 heavy (non-hydrogen) atoms. The molecular formula is C16H30O2. The average Bonchev–Trinajstić information content (AvgIpc) is 2.65. The van der Waals surface area contributed by atoms with Gasteiger partial charge in [-0.15, -0.1) is 0 Å². The standard InChI is InChI=1S/C16H30O2/c1-9-15(7,8)18-12(17)16(10-13(2,3)4)11-14(16,5)6/h9-11H2,1-8H3. The van der Waals surface area contributed by atoms with Gasteiger partial charge < -0.3 is 4.74 Å². The lowest BCUT2D eigenvalue weighted by Crippen LogP contribution is -2.35. The van der Waals surface area contributed by atoms with E-state index in [9.17, 15) is 4.79 Å². The molecule has 0 aromatic rings. The van der Waals surface area contributed by atoms with Gasteiger partial charge in [0.1, 0.15) is 5.60 Å². The molecule has 1 atom stereocenters. The Balaban J connectivity index is 2.86. The molecule has 0 aromatic carbocycles. The van der Waals surface area contributed by atoms with Crippen LogP contribution in [0.2, 0.25) is 0 Å². The van der Waals surface area contributed by atoms with Crippen molar-refractivity contribution in [2.24, 2.45) is 16.2 Å². The summed E-state index contributed by atoms with van der Waals surface area (Å²) in [7, 11) is 0. The van der Waals surface area contributed by atoms with E-state index < -0.39 is 0 Å². The predicted octanol–water partition coefficient (Wildman–Crippen LogP) is 4.57. The van der Waals surface area contributed by atoms with Crippen LogP contribution in [0.1, 0.15) is 74.7 Å². The molecular weight excluding hydrogens is 224 g/mol. The Hall–Kier alpha value is -0.530. The first-order valence-electron chi connectivity index (χ1n) is 7.09. The van der Waals surface area contributed by atoms with Crippen molar-refractivity contribution in [3.63, 3.8) is 0 Å². The molecule has 1 aliphatic carbocycles. The summed E-state index contributed by atoms with van der Waals surface area (Å²) < 4.78 is 5.76. The van der Waals surface area contributed by atoms with Crippen LogP contribution in [0.3, 0.4) is 0 Å². The molecule has 0 aromatic heterocycles. The molecule has 0 spiro atoms. The van der Waals surface area contributed by atoms with Crippen LogP contribution in [0.4, 0.5) is 0 Å². The third-order valence-electron chi connectivity index (χ3n) is 4.36. The molecule has 0 aliphatic heterocycles. The third-order valence-corrected chi connectivity index (χ3v) is 4.36. The molecule has 2 heteroatoms. The number of carbonyl (C=O) groups is 1. The van der Waals surface area contributed by atoms with Gasteiger partial charge in [0.2, 0.25) is 0 Å². The fourth-order valence-corrected chi connectivity index (χ4v) is 2.76. The second-order valence-corrected chi connectivity index (χ2v) is 8.38. The van der Waals surface area contributed by atoms with E-state index in [0.717, 1.165) is 19.3 Å². The molecule has 0 radical (unpaired) electrons. The fourth-order valence-electron chi connectivity index (χ4n) is 2.76. The Labute approximate surface area is 112 Å². The molecule has 1 fully saturated rings. The first kappa shape index (κ1) is 15.5. The summed E-state index contributed by atoms with van der Waals surface area (Å²) >= 11 is 0. The molecule has 0 bridgehead atoms. The molecule has 1 unspecified atom stereocenters. The van der Waals surface area contributed by atoms with Crippen molar-refractivity contribution in [1.29, 1.82) is 0 Å². The Morgan fingerprint density at radius 1 is 1.17 bits per heavy atom. The first-order valence-corrected chi connectivity index (χ1v) is 7.09. The number of ether oxygens (including phenoxy) is 1. The number of esters is 1. The van der Waals surface area contributed by atoms with Gasteiger partial charge in [0.25, 0.3) is 0 Å². The Kier molecular flexibility index (Phi) is 3.66. The largest absolute Gasteiger partial charge is 0.459 e. The van der Waals surface area contributed by atoms with Gasteiger partial charge in [-0.05, 0) is 43.9 Å². The Morgan fingerprint density at radius 3 is 1.89 bits per heavy atom. The van der Waals surface area contributed by atoms with Gasteiger partial charge in [-0.3, -0.25) is 4.79 Å². The topological polar surface area (TPSA) is 26.3 Å². The van der Waals surface area contributed by atoms with E-state index in [-0.39, 0.29) is 27.8 Å². The molecule has 1 aliphatic rings. The highest BCUT2D eigenvalue weighted by Gasteiger charge is 2.68. The van der Waals surface area contributed by atoms with Crippen LogP contribution in [0.5, 0.6) is 0 Å². The Bertz CT molecular complexity index is 333. The van der Waals surface area contributed by atoms with E-state index in [1.807, 2.05) is 13.8 Å². The van der Waals surface area contributed by atoms with Crippen molar-refractivity contribution in [2.45, 2.75) is 80.3 Å². The van der Waals surface area contributed by atoms with E-state index in [2.05, 4.69) is 41.5 Å². The molecule has 0 amide bonds. The summed E-state index contributed by atoms with van der Waals surface area (Å²) in [6, 6.07) is 0. The van der Waals surface area contributed by atoms with Crippen molar-refractivity contribution >= 4 is 5.97 Å². The summed E-state index contributed by atoms with van der Waals surface area (Å²) in [4.78, 5) is 12.6. The van der Waals surface area contributed by atoms with Crippen molar-refractivity contribution in [3.8, 4) is 0 Å². The smallest absolute Gasteiger partial charge is 0.313 e. The maximum absolute atomic E-state index is 12.6. The van der Waals surface area contributed by atoms with Crippen LogP contribution in [0, 0.1) is 16.2 Å². The normalized spacial score (nSPS) is 26.9. The molecule has 106 valence electrons. The van der Waals surface area contributed by atoms with Crippen LogP contribution in [-0.2, 0) is 9.53 Å². The van der Waals surface area contributed by atoms with Crippen LogP contribution < -0.4 is 0 Å². The second kappa shape index (κ2) is 4.25. The lowest BCUT2D eigenvalue weighted by atomic mass is 9.79. The zero-order chi connectivity index (χ0) is 14.4. The minimum Gasteiger partial charge on any atom is -0.459 e. The van der Waals surface area contributed by atoms with E-state index in [1.54, 1.807) is 0 Å². The summed E-state index contributed by atoms with van der Waals surface area (Å²) in [5, 5.41) is 0. The van der Waals surface area contributed by atoms with Gasteiger partial charge >= 0.3 is 5.97 Å². The van der Waals surface area contributed by atoms with E-state index >= 15 is 0 Å². The van der Waals surface area contributed by atoms with Gasteiger partial charge in [0, 0.05) is 0 Å². The van der Waals surface area contributed by atoms with Crippen molar-refractivity contribution in [1.82, 2.24) is 0 Å². The van der Waals surface area contributed by atoms with Gasteiger partial charge in [0.05, 0.1) is 5.41 Å². The van der Waals surface area contributed by atoms with Crippen LogP contribution in [0.25, 0.3) is 0 Å². The second-order valence-electron chi connectivity index (χ2n) is 8.38. The van der Waals surface area contributed by atoms with Crippen molar-refractivity contribution in [2.75, 3.05) is 0 Å². The zero-order valence-corrected chi connectivity index (χ0v) is 13.4. The molecule has 1 rings (SSSR count). The van der Waals surface area contributed by atoms with Gasteiger partial charge in [-0.2, -0.15) is 0 Å². The third kappa shape index (κ3) is 3.07. The summed E-state index contributed by atoms with van der Waals surface area (Å²) in [5.41, 5.74) is -0.372. The lowest BCUT2D eigenvalue weighted by Gasteiger charge is -2.31. The van der Waals surface area contributed by atoms with Crippen LogP contribution in [0.15, 0.2) is 0 Å². The van der Waals surface area contributed by atoms with Gasteiger partial charge in [-0.1, -0.05) is 41.5 Å². The highest BCUT2D eigenvalue weighted by molar-refractivity contribution is 5.82. The maximum atomic E-state index is 12.6. The summed E-state index contributed by atoms with van der Waals surface area (Å²) in [5.74, 6) is 0.00859. The van der Waals surface area contributed by atoms with E-state index in [0.29, 0.717) is 0 Å². The highest BCUT2D eigenvalue weighted by atomic mass is 16.6. The summed E-state index contributed by atoms with van der Waals surface area (Å²) in [6.07, 6.45) is 2.71. The minimum atomic E-state index is -0.347. The predicted molar refractivity (Wildman–Crippen MR) is 75.4 cm³/mol. The van der Waals surface area contributed by atoms with Crippen LogP contribution >= 0.6 is 0 Å². The number of hydrogen-bond donors (Lipinski definition) is 0. The molecule has 0 N–H and O–H groups in total. The highest BCUT2D eigenvalue weighted by Crippen LogP contribution is 2.68. The quantitative estimate of drug-likeness (QED) is 0.687. The van der Waals surface area contributed by atoms with E-state index in [1.165, 1.54) is 0 Å². The number of rotatable bonds is 4. The van der Waals surface area contributed by atoms with Crippen molar-refractivity contribution in [3.05, 3.63) is 0 Å². The fraction of sp³-hybridized carbons (Fsp3) is 0.938. The SMILES string of the molecule is CCC(C)(C)OC(=O)C1(CC(C)(C)C)CC1(C)C. The van der Waals surface area contributed by atoms with Crippen LogP contribution in [-0.4, -0.2) is 11.6 Å². The lowest BCUT2D eigenvalue weighted by molar-refractivity contribution is -0.166.